The minimum Gasteiger partial charge on any atom is -0.504 e. The van der Waals surface area contributed by atoms with Crippen molar-refractivity contribution in [1.29, 1.82) is 0 Å². The smallest absolute Gasteiger partial charge is 0.163 e. The molecule has 0 saturated carbocycles. The number of rotatable bonds is 4. The molecule has 136 valence electrons. The van der Waals surface area contributed by atoms with Gasteiger partial charge in [-0.3, -0.25) is 0 Å². The zero-order valence-corrected chi connectivity index (χ0v) is 15.4. The maximum atomic E-state index is 10.7. The SMILES string of the molecule is COc1cccc(C2Nc3c(OC(C)C)cccc3C3C=CCC32)c1O. The van der Waals surface area contributed by atoms with Crippen LogP contribution in [0, 0.1) is 5.92 Å². The van der Waals surface area contributed by atoms with E-state index in [1.807, 2.05) is 32.0 Å². The normalized spacial score (nSPS) is 23.3. The summed E-state index contributed by atoms with van der Waals surface area (Å²) >= 11 is 0. The van der Waals surface area contributed by atoms with Gasteiger partial charge < -0.3 is 19.9 Å². The molecule has 2 aliphatic rings. The van der Waals surface area contributed by atoms with E-state index in [4.69, 9.17) is 9.47 Å². The van der Waals surface area contributed by atoms with Crippen molar-refractivity contribution in [2.24, 2.45) is 5.92 Å². The summed E-state index contributed by atoms with van der Waals surface area (Å²) in [5.41, 5.74) is 3.16. The number of ether oxygens (including phenoxy) is 2. The van der Waals surface area contributed by atoms with Gasteiger partial charge in [-0.2, -0.15) is 0 Å². The molecule has 4 heteroatoms. The standard InChI is InChI=1S/C22H25NO3/c1-13(2)26-18-11-5-9-16-14-7-4-8-15(14)20(23-21(16)18)17-10-6-12-19(25-3)22(17)24/h4-7,9-15,20,23-24H,8H2,1-3H3. The van der Waals surface area contributed by atoms with Gasteiger partial charge in [0.15, 0.2) is 11.5 Å². The van der Waals surface area contributed by atoms with Gasteiger partial charge in [-0.25, -0.2) is 0 Å². The number of allylic oxidation sites excluding steroid dienone is 2. The molecule has 0 amide bonds. The lowest BCUT2D eigenvalue weighted by Gasteiger charge is -2.38. The zero-order valence-electron chi connectivity index (χ0n) is 15.4. The number of para-hydroxylation sites is 2. The quantitative estimate of drug-likeness (QED) is 0.760. The van der Waals surface area contributed by atoms with E-state index in [0.717, 1.165) is 23.4 Å². The highest BCUT2D eigenvalue weighted by Crippen LogP contribution is 2.54. The number of methoxy groups -OCH3 is 1. The summed E-state index contributed by atoms with van der Waals surface area (Å²) in [5, 5.41) is 14.4. The average molecular weight is 351 g/mol. The van der Waals surface area contributed by atoms with Gasteiger partial charge in [0.25, 0.3) is 0 Å². The number of phenols is 1. The largest absolute Gasteiger partial charge is 0.504 e. The van der Waals surface area contributed by atoms with Crippen LogP contribution < -0.4 is 14.8 Å². The van der Waals surface area contributed by atoms with Gasteiger partial charge in [0.1, 0.15) is 5.75 Å². The highest BCUT2D eigenvalue weighted by Gasteiger charge is 2.40. The van der Waals surface area contributed by atoms with E-state index in [1.54, 1.807) is 13.2 Å². The summed E-state index contributed by atoms with van der Waals surface area (Å²) in [7, 11) is 1.58. The van der Waals surface area contributed by atoms with Crippen LogP contribution in [0.15, 0.2) is 48.6 Å². The Bertz CT molecular complexity index is 843. The minimum absolute atomic E-state index is 0.00508. The Morgan fingerprint density at radius 1 is 1.08 bits per heavy atom. The summed E-state index contributed by atoms with van der Waals surface area (Å²) in [6, 6.07) is 11.9. The van der Waals surface area contributed by atoms with E-state index < -0.39 is 0 Å². The molecule has 1 heterocycles. The summed E-state index contributed by atoms with van der Waals surface area (Å²) < 4.78 is 11.4. The number of hydrogen-bond donors (Lipinski definition) is 2. The first-order valence-electron chi connectivity index (χ1n) is 9.18. The predicted molar refractivity (Wildman–Crippen MR) is 103 cm³/mol. The molecule has 2 N–H and O–H groups in total. The van der Waals surface area contributed by atoms with Crippen LogP contribution in [-0.4, -0.2) is 18.3 Å². The van der Waals surface area contributed by atoms with Crippen LogP contribution in [0.4, 0.5) is 5.69 Å². The third-order valence-corrected chi connectivity index (χ3v) is 5.31. The lowest BCUT2D eigenvalue weighted by atomic mass is 9.76. The molecule has 3 unspecified atom stereocenters. The second-order valence-corrected chi connectivity index (χ2v) is 7.26. The zero-order chi connectivity index (χ0) is 18.3. The van der Waals surface area contributed by atoms with Gasteiger partial charge >= 0.3 is 0 Å². The van der Waals surface area contributed by atoms with Gasteiger partial charge in [0.2, 0.25) is 0 Å². The van der Waals surface area contributed by atoms with E-state index in [1.165, 1.54) is 5.56 Å². The highest BCUT2D eigenvalue weighted by atomic mass is 16.5. The molecular formula is C22H25NO3. The van der Waals surface area contributed by atoms with Crippen LogP contribution in [0.5, 0.6) is 17.2 Å². The monoisotopic (exact) mass is 351 g/mol. The molecule has 0 bridgehead atoms. The molecule has 0 radical (unpaired) electrons. The summed E-state index contributed by atoms with van der Waals surface area (Å²) in [5.74, 6) is 2.25. The Balaban J connectivity index is 1.81. The molecule has 0 fully saturated rings. The molecule has 0 aromatic heterocycles. The van der Waals surface area contributed by atoms with Gasteiger partial charge in [0, 0.05) is 11.5 Å². The second kappa shape index (κ2) is 6.60. The van der Waals surface area contributed by atoms with Crippen molar-refractivity contribution in [3.8, 4) is 17.2 Å². The van der Waals surface area contributed by atoms with E-state index >= 15 is 0 Å². The topological polar surface area (TPSA) is 50.7 Å². The Hall–Kier alpha value is -2.62. The lowest BCUT2D eigenvalue weighted by Crippen LogP contribution is -2.29. The van der Waals surface area contributed by atoms with Crippen LogP contribution in [0.2, 0.25) is 0 Å². The molecule has 0 spiro atoms. The summed E-state index contributed by atoms with van der Waals surface area (Å²) in [4.78, 5) is 0. The predicted octanol–water partition coefficient (Wildman–Crippen LogP) is 5.01. The molecule has 2 aromatic carbocycles. The van der Waals surface area contributed by atoms with Crippen molar-refractivity contribution in [3.63, 3.8) is 0 Å². The van der Waals surface area contributed by atoms with E-state index in [2.05, 4.69) is 29.6 Å². The number of phenolic OH excluding ortho intramolecular Hbond substituents is 1. The molecular weight excluding hydrogens is 326 g/mol. The van der Waals surface area contributed by atoms with Gasteiger partial charge in [-0.1, -0.05) is 36.4 Å². The van der Waals surface area contributed by atoms with Crippen LogP contribution in [0.1, 0.15) is 43.4 Å². The van der Waals surface area contributed by atoms with Crippen molar-refractivity contribution in [1.82, 2.24) is 0 Å². The molecule has 2 aromatic rings. The Morgan fingerprint density at radius 3 is 2.54 bits per heavy atom. The number of aromatic hydroxyl groups is 1. The highest BCUT2D eigenvalue weighted by molar-refractivity contribution is 5.68. The molecule has 4 rings (SSSR count). The fraction of sp³-hybridized carbons (Fsp3) is 0.364. The second-order valence-electron chi connectivity index (χ2n) is 7.26. The van der Waals surface area contributed by atoms with E-state index in [-0.39, 0.29) is 17.9 Å². The van der Waals surface area contributed by atoms with E-state index in [9.17, 15) is 5.11 Å². The third-order valence-electron chi connectivity index (χ3n) is 5.31. The molecule has 1 aliphatic heterocycles. The van der Waals surface area contributed by atoms with Crippen LogP contribution in [0.3, 0.4) is 0 Å². The van der Waals surface area contributed by atoms with Gasteiger partial charge in [-0.15, -0.1) is 0 Å². The number of benzene rings is 2. The number of nitrogens with one attached hydrogen (secondary N) is 1. The average Bonchev–Trinajstić information content (AvgIpc) is 3.11. The lowest BCUT2D eigenvalue weighted by molar-refractivity contribution is 0.242. The molecule has 0 saturated heterocycles. The minimum atomic E-state index is -0.00508. The maximum Gasteiger partial charge on any atom is 0.163 e. The van der Waals surface area contributed by atoms with E-state index in [0.29, 0.717) is 17.6 Å². The number of hydrogen-bond acceptors (Lipinski definition) is 4. The Kier molecular flexibility index (Phi) is 4.27. The van der Waals surface area contributed by atoms with Gasteiger partial charge in [0.05, 0.1) is 24.9 Å². The fourth-order valence-electron chi connectivity index (χ4n) is 4.21. The Morgan fingerprint density at radius 2 is 1.81 bits per heavy atom. The van der Waals surface area contributed by atoms with Crippen LogP contribution in [0.25, 0.3) is 0 Å². The summed E-state index contributed by atoms with van der Waals surface area (Å²) in [6.45, 7) is 4.07. The van der Waals surface area contributed by atoms with Gasteiger partial charge in [-0.05, 0) is 43.9 Å². The molecule has 1 aliphatic carbocycles. The molecule has 4 nitrogen and oxygen atoms in total. The molecule has 3 atom stereocenters. The van der Waals surface area contributed by atoms with Crippen molar-refractivity contribution in [2.75, 3.05) is 12.4 Å². The first kappa shape index (κ1) is 16.8. The maximum absolute atomic E-state index is 10.7. The first-order chi connectivity index (χ1) is 12.6. The number of fused-ring (bicyclic) bond motifs is 3. The van der Waals surface area contributed by atoms with Crippen LogP contribution >= 0.6 is 0 Å². The first-order valence-corrected chi connectivity index (χ1v) is 9.18. The van der Waals surface area contributed by atoms with Crippen molar-refractivity contribution in [2.45, 2.75) is 38.3 Å². The van der Waals surface area contributed by atoms with Crippen molar-refractivity contribution in [3.05, 3.63) is 59.7 Å². The fourth-order valence-corrected chi connectivity index (χ4v) is 4.21. The number of anilines is 1. The third kappa shape index (κ3) is 2.70. The molecule has 26 heavy (non-hydrogen) atoms. The summed E-state index contributed by atoms with van der Waals surface area (Å²) in [6.07, 6.45) is 5.61. The van der Waals surface area contributed by atoms with Crippen molar-refractivity contribution < 1.29 is 14.6 Å². The van der Waals surface area contributed by atoms with Crippen LogP contribution in [-0.2, 0) is 0 Å². The Labute approximate surface area is 154 Å². The van der Waals surface area contributed by atoms with Crippen molar-refractivity contribution >= 4 is 5.69 Å².